The van der Waals surface area contributed by atoms with Crippen LogP contribution in [0, 0.1) is 0 Å². The lowest BCUT2D eigenvalue weighted by atomic mass is 10.1. The molecule has 5 nitrogen and oxygen atoms in total. The Morgan fingerprint density at radius 1 is 0.852 bits per heavy atom. The molecule has 0 spiro atoms. The topological polar surface area (TPSA) is 72.0 Å². The maximum Gasteiger partial charge on any atom is 0.241 e. The maximum absolute atomic E-state index is 12.8. The lowest BCUT2D eigenvalue weighted by Crippen LogP contribution is -2.23. The van der Waals surface area contributed by atoms with E-state index in [1.807, 2.05) is 54.6 Å². The van der Waals surface area contributed by atoms with Crippen LogP contribution in [0.25, 0.3) is 22.0 Å². The number of benzene rings is 2. The molecule has 4 aromatic rings. The van der Waals surface area contributed by atoms with Crippen LogP contribution in [-0.2, 0) is 16.6 Å². The number of fused-ring (bicyclic) bond motifs is 1. The first kappa shape index (κ1) is 17.3. The average Bonchev–Trinajstić information content (AvgIpc) is 2.73. The third-order valence-electron chi connectivity index (χ3n) is 4.29. The van der Waals surface area contributed by atoms with Crippen LogP contribution in [0.3, 0.4) is 0 Å². The minimum atomic E-state index is -3.64. The third-order valence-corrected chi connectivity index (χ3v) is 5.75. The SMILES string of the molecule is O=S(=O)(NCc1ccc(-c2cccnc2)nc1)c1cccc2ccccc12. The summed E-state index contributed by atoms with van der Waals surface area (Å²) in [5.74, 6) is 0. The monoisotopic (exact) mass is 375 g/mol. The normalized spacial score (nSPS) is 11.6. The van der Waals surface area contributed by atoms with Crippen molar-refractivity contribution < 1.29 is 8.42 Å². The molecule has 0 bridgehead atoms. The van der Waals surface area contributed by atoms with Crippen LogP contribution in [-0.4, -0.2) is 18.4 Å². The van der Waals surface area contributed by atoms with E-state index in [1.165, 1.54) is 0 Å². The average molecular weight is 375 g/mol. The van der Waals surface area contributed by atoms with Gasteiger partial charge in [-0.05, 0) is 35.2 Å². The number of hydrogen-bond donors (Lipinski definition) is 1. The van der Waals surface area contributed by atoms with Crippen LogP contribution >= 0.6 is 0 Å². The number of nitrogens with zero attached hydrogens (tertiary/aromatic N) is 2. The zero-order valence-electron chi connectivity index (χ0n) is 14.4. The predicted octanol–water partition coefficient (Wildman–Crippen LogP) is 3.78. The van der Waals surface area contributed by atoms with Gasteiger partial charge >= 0.3 is 0 Å². The van der Waals surface area contributed by atoms with Crippen molar-refractivity contribution in [2.75, 3.05) is 0 Å². The van der Waals surface area contributed by atoms with Crippen LogP contribution in [0.15, 0.2) is 90.2 Å². The molecule has 2 heterocycles. The second kappa shape index (κ2) is 7.26. The third kappa shape index (κ3) is 3.72. The van der Waals surface area contributed by atoms with Gasteiger partial charge < -0.3 is 0 Å². The molecule has 2 aromatic carbocycles. The Morgan fingerprint density at radius 3 is 2.48 bits per heavy atom. The lowest BCUT2D eigenvalue weighted by Gasteiger charge is -2.10. The Balaban J connectivity index is 1.54. The molecule has 4 rings (SSSR count). The summed E-state index contributed by atoms with van der Waals surface area (Å²) in [7, 11) is -3.64. The number of nitrogens with one attached hydrogen (secondary N) is 1. The molecule has 6 heteroatoms. The van der Waals surface area contributed by atoms with Crippen LogP contribution < -0.4 is 4.72 Å². The molecule has 0 atom stereocenters. The Kier molecular flexibility index (Phi) is 4.66. The van der Waals surface area contributed by atoms with Gasteiger partial charge in [0.1, 0.15) is 0 Å². The van der Waals surface area contributed by atoms with Gasteiger partial charge in [0.05, 0.1) is 10.6 Å². The van der Waals surface area contributed by atoms with Gasteiger partial charge in [0.15, 0.2) is 0 Å². The Morgan fingerprint density at radius 2 is 1.70 bits per heavy atom. The quantitative estimate of drug-likeness (QED) is 0.576. The summed E-state index contributed by atoms with van der Waals surface area (Å²) < 4.78 is 28.2. The molecule has 134 valence electrons. The highest BCUT2D eigenvalue weighted by atomic mass is 32.2. The Bertz CT molecular complexity index is 1170. The summed E-state index contributed by atoms with van der Waals surface area (Å²) in [4.78, 5) is 8.75. The summed E-state index contributed by atoms with van der Waals surface area (Å²) in [5, 5.41) is 1.60. The summed E-state index contributed by atoms with van der Waals surface area (Å²) >= 11 is 0. The van der Waals surface area contributed by atoms with E-state index in [4.69, 9.17) is 0 Å². The zero-order chi connectivity index (χ0) is 18.7. The fraction of sp³-hybridized carbons (Fsp3) is 0.0476. The van der Waals surface area contributed by atoms with Gasteiger partial charge in [-0.1, -0.05) is 42.5 Å². The molecule has 0 aliphatic rings. The van der Waals surface area contributed by atoms with E-state index < -0.39 is 10.0 Å². The molecule has 0 saturated heterocycles. The predicted molar refractivity (Wildman–Crippen MR) is 105 cm³/mol. The number of pyridine rings is 2. The molecule has 0 unspecified atom stereocenters. The summed E-state index contributed by atoms with van der Waals surface area (Å²) in [6.07, 6.45) is 5.12. The molecule has 0 radical (unpaired) electrons. The van der Waals surface area contributed by atoms with Crippen molar-refractivity contribution in [1.29, 1.82) is 0 Å². The number of rotatable bonds is 5. The van der Waals surface area contributed by atoms with Crippen molar-refractivity contribution in [2.45, 2.75) is 11.4 Å². The summed E-state index contributed by atoms with van der Waals surface area (Å²) in [6.45, 7) is 0.172. The summed E-state index contributed by atoms with van der Waals surface area (Å²) in [6, 6.07) is 20.2. The molecule has 0 aliphatic carbocycles. The van der Waals surface area contributed by atoms with Crippen LogP contribution in [0.4, 0.5) is 0 Å². The lowest BCUT2D eigenvalue weighted by molar-refractivity contribution is 0.582. The van der Waals surface area contributed by atoms with E-state index in [2.05, 4.69) is 14.7 Å². The number of hydrogen-bond acceptors (Lipinski definition) is 4. The molecule has 0 saturated carbocycles. The largest absolute Gasteiger partial charge is 0.264 e. The Hall–Kier alpha value is -3.09. The van der Waals surface area contributed by atoms with Crippen molar-refractivity contribution in [3.63, 3.8) is 0 Å². The van der Waals surface area contributed by atoms with Crippen molar-refractivity contribution in [1.82, 2.24) is 14.7 Å². The fourth-order valence-corrected chi connectivity index (χ4v) is 4.15. The zero-order valence-corrected chi connectivity index (χ0v) is 15.2. The Labute approximate surface area is 157 Å². The minimum Gasteiger partial charge on any atom is -0.264 e. The highest BCUT2D eigenvalue weighted by Gasteiger charge is 2.16. The standard InChI is InChI=1S/C21H17N3O2S/c25-27(26,21-9-3-6-17-5-1-2-8-19(17)21)24-14-16-10-11-20(23-13-16)18-7-4-12-22-15-18/h1-13,15,24H,14H2. The second-order valence-corrected chi connectivity index (χ2v) is 7.83. The van der Waals surface area contributed by atoms with Crippen LogP contribution in [0.1, 0.15) is 5.56 Å². The van der Waals surface area contributed by atoms with Crippen LogP contribution in [0.5, 0.6) is 0 Å². The molecule has 27 heavy (non-hydrogen) atoms. The molecular formula is C21H17N3O2S. The van der Waals surface area contributed by atoms with Gasteiger partial charge in [-0.25, -0.2) is 13.1 Å². The van der Waals surface area contributed by atoms with E-state index in [0.29, 0.717) is 5.39 Å². The van der Waals surface area contributed by atoms with E-state index in [0.717, 1.165) is 22.2 Å². The van der Waals surface area contributed by atoms with Gasteiger partial charge in [-0.3, -0.25) is 9.97 Å². The van der Waals surface area contributed by atoms with E-state index in [1.54, 1.807) is 30.7 Å². The summed E-state index contributed by atoms with van der Waals surface area (Å²) in [5.41, 5.74) is 2.50. The van der Waals surface area contributed by atoms with E-state index in [-0.39, 0.29) is 11.4 Å². The van der Waals surface area contributed by atoms with Crippen molar-refractivity contribution in [2.24, 2.45) is 0 Å². The van der Waals surface area contributed by atoms with Crippen LogP contribution in [0.2, 0.25) is 0 Å². The molecular weight excluding hydrogens is 358 g/mol. The van der Waals surface area contributed by atoms with Crippen molar-refractivity contribution >= 4 is 20.8 Å². The van der Waals surface area contributed by atoms with Crippen molar-refractivity contribution in [3.05, 3.63) is 90.9 Å². The first-order valence-electron chi connectivity index (χ1n) is 8.46. The molecule has 1 N–H and O–H groups in total. The van der Waals surface area contributed by atoms with Gasteiger partial charge in [-0.15, -0.1) is 0 Å². The molecule has 0 fully saturated rings. The maximum atomic E-state index is 12.8. The highest BCUT2D eigenvalue weighted by Crippen LogP contribution is 2.23. The molecule has 0 aliphatic heterocycles. The first-order chi connectivity index (χ1) is 13.1. The van der Waals surface area contributed by atoms with Gasteiger partial charge in [0, 0.05) is 36.1 Å². The van der Waals surface area contributed by atoms with Gasteiger partial charge in [0.2, 0.25) is 10.0 Å². The highest BCUT2D eigenvalue weighted by molar-refractivity contribution is 7.89. The smallest absolute Gasteiger partial charge is 0.241 e. The number of sulfonamides is 1. The fourth-order valence-electron chi connectivity index (χ4n) is 2.90. The first-order valence-corrected chi connectivity index (χ1v) is 9.94. The van der Waals surface area contributed by atoms with E-state index in [9.17, 15) is 8.42 Å². The van der Waals surface area contributed by atoms with Gasteiger partial charge in [-0.2, -0.15) is 0 Å². The second-order valence-electron chi connectivity index (χ2n) is 6.10. The minimum absolute atomic E-state index is 0.172. The van der Waals surface area contributed by atoms with Crippen molar-refractivity contribution in [3.8, 4) is 11.3 Å². The molecule has 2 aromatic heterocycles. The van der Waals surface area contributed by atoms with Gasteiger partial charge in [0.25, 0.3) is 0 Å². The number of aromatic nitrogens is 2. The van der Waals surface area contributed by atoms with E-state index >= 15 is 0 Å². The molecule has 0 amide bonds.